The summed E-state index contributed by atoms with van der Waals surface area (Å²) in [6.07, 6.45) is 4.05. The van der Waals surface area contributed by atoms with Crippen molar-refractivity contribution in [3.8, 4) is 0 Å². The molecule has 8 heteroatoms. The molecule has 2 aromatic heterocycles. The van der Waals surface area contributed by atoms with Crippen LogP contribution in [-0.4, -0.2) is 26.6 Å². The number of anilines is 2. The van der Waals surface area contributed by atoms with Gasteiger partial charge in [0.05, 0.1) is 0 Å². The van der Waals surface area contributed by atoms with E-state index in [4.69, 9.17) is 0 Å². The molecule has 3 rings (SSSR count). The molecule has 2 N–H and O–H groups in total. The molecule has 0 fully saturated rings. The van der Waals surface area contributed by atoms with Crippen LogP contribution in [0.1, 0.15) is 24.9 Å². The lowest BCUT2D eigenvalue weighted by Crippen LogP contribution is -2.24. The van der Waals surface area contributed by atoms with Crippen LogP contribution in [0.25, 0.3) is 0 Å². The van der Waals surface area contributed by atoms with Gasteiger partial charge in [-0.05, 0) is 60.0 Å². The Kier molecular flexibility index (Phi) is 5.75. The number of hydrogen-bond acceptors (Lipinski definition) is 5. The molecule has 0 saturated heterocycles. The van der Waals surface area contributed by atoms with Crippen molar-refractivity contribution in [1.29, 1.82) is 0 Å². The molecule has 3 aromatic rings. The maximum absolute atomic E-state index is 12.2. The second kappa shape index (κ2) is 8.39. The minimum absolute atomic E-state index is 0.0345. The van der Waals surface area contributed by atoms with Crippen molar-refractivity contribution in [3.05, 3.63) is 59.3 Å². The summed E-state index contributed by atoms with van der Waals surface area (Å²) >= 11 is 1.63. The average Bonchev–Trinajstić information content (AvgIpc) is 3.35. The summed E-state index contributed by atoms with van der Waals surface area (Å²) in [6, 6.07) is 8.58. The molecule has 134 valence electrons. The number of thiophene rings is 1. The third-order valence-corrected chi connectivity index (χ3v) is 4.60. The molecule has 0 aliphatic carbocycles. The van der Waals surface area contributed by atoms with Crippen LogP contribution in [0.3, 0.4) is 0 Å². The van der Waals surface area contributed by atoms with E-state index in [9.17, 15) is 9.59 Å². The molecule has 0 bridgehead atoms. The first-order chi connectivity index (χ1) is 12.6. The molecule has 0 spiro atoms. The van der Waals surface area contributed by atoms with E-state index in [-0.39, 0.29) is 11.8 Å². The van der Waals surface area contributed by atoms with Gasteiger partial charge in [-0.1, -0.05) is 0 Å². The molecular formula is C18H19N5O2S. The van der Waals surface area contributed by atoms with E-state index < -0.39 is 6.04 Å². The standard InChI is InChI=1S/C18H19N5O2S/c1-13(23-12-19-11-20-23)18(25)22-16-5-3-15(4-6-16)21-17(24)7-2-14-8-9-26-10-14/h3-6,8-13H,2,7H2,1H3,(H,21,24)(H,22,25). The maximum Gasteiger partial charge on any atom is 0.249 e. The number of aromatic nitrogens is 3. The highest BCUT2D eigenvalue weighted by Gasteiger charge is 2.15. The van der Waals surface area contributed by atoms with Gasteiger partial charge in [0.1, 0.15) is 18.7 Å². The van der Waals surface area contributed by atoms with Crippen molar-refractivity contribution in [2.24, 2.45) is 0 Å². The Labute approximate surface area is 155 Å². The fraction of sp³-hybridized carbons (Fsp3) is 0.222. The number of benzene rings is 1. The van der Waals surface area contributed by atoms with Crippen LogP contribution in [0.5, 0.6) is 0 Å². The molecule has 0 aliphatic rings. The number of nitrogens with one attached hydrogen (secondary N) is 2. The third-order valence-electron chi connectivity index (χ3n) is 3.87. The Morgan fingerprint density at radius 1 is 1.15 bits per heavy atom. The topological polar surface area (TPSA) is 88.9 Å². The number of aryl methyl sites for hydroxylation is 1. The first-order valence-corrected chi connectivity index (χ1v) is 9.12. The summed E-state index contributed by atoms with van der Waals surface area (Å²) in [6.45, 7) is 1.74. The van der Waals surface area contributed by atoms with Crippen LogP contribution in [-0.2, 0) is 16.0 Å². The van der Waals surface area contributed by atoms with Crippen LogP contribution < -0.4 is 10.6 Å². The predicted octanol–water partition coefficient (Wildman–Crippen LogP) is 3.11. The van der Waals surface area contributed by atoms with E-state index in [0.29, 0.717) is 17.8 Å². The van der Waals surface area contributed by atoms with Gasteiger partial charge in [-0.3, -0.25) is 9.59 Å². The van der Waals surface area contributed by atoms with E-state index in [0.717, 1.165) is 6.42 Å². The minimum atomic E-state index is -0.464. The van der Waals surface area contributed by atoms with Gasteiger partial charge in [-0.2, -0.15) is 16.4 Å². The fourth-order valence-corrected chi connectivity index (χ4v) is 3.04. The Hall–Kier alpha value is -3.00. The summed E-state index contributed by atoms with van der Waals surface area (Å²) in [5.41, 5.74) is 2.52. The summed E-state index contributed by atoms with van der Waals surface area (Å²) < 4.78 is 1.48. The van der Waals surface area contributed by atoms with Crippen molar-refractivity contribution >= 4 is 34.5 Å². The number of hydrogen-bond donors (Lipinski definition) is 2. The lowest BCUT2D eigenvalue weighted by Gasteiger charge is -2.12. The van der Waals surface area contributed by atoms with Gasteiger partial charge in [0.25, 0.3) is 0 Å². The quantitative estimate of drug-likeness (QED) is 0.670. The zero-order valence-electron chi connectivity index (χ0n) is 14.3. The average molecular weight is 369 g/mol. The molecule has 0 saturated carbocycles. The number of rotatable bonds is 7. The van der Waals surface area contributed by atoms with Crippen LogP contribution >= 0.6 is 11.3 Å². The Morgan fingerprint density at radius 3 is 2.50 bits per heavy atom. The van der Waals surface area contributed by atoms with Crippen molar-refractivity contribution in [3.63, 3.8) is 0 Å². The smallest absolute Gasteiger partial charge is 0.249 e. The second-order valence-corrected chi connectivity index (χ2v) is 6.58. The van der Waals surface area contributed by atoms with Crippen LogP contribution in [0.2, 0.25) is 0 Å². The number of nitrogens with zero attached hydrogens (tertiary/aromatic N) is 3. The molecule has 1 aromatic carbocycles. The molecule has 1 atom stereocenters. The van der Waals surface area contributed by atoms with Crippen LogP contribution in [0.4, 0.5) is 11.4 Å². The predicted molar refractivity (Wildman–Crippen MR) is 101 cm³/mol. The largest absolute Gasteiger partial charge is 0.326 e. The zero-order chi connectivity index (χ0) is 18.4. The summed E-state index contributed by atoms with van der Waals surface area (Å²) in [7, 11) is 0. The summed E-state index contributed by atoms with van der Waals surface area (Å²) in [5.74, 6) is -0.226. The molecule has 2 amide bonds. The minimum Gasteiger partial charge on any atom is -0.326 e. The number of carbonyl (C=O) groups excluding carboxylic acids is 2. The fourth-order valence-electron chi connectivity index (χ4n) is 2.34. The molecule has 7 nitrogen and oxygen atoms in total. The van der Waals surface area contributed by atoms with Gasteiger partial charge >= 0.3 is 0 Å². The lowest BCUT2D eigenvalue weighted by molar-refractivity contribution is -0.119. The first-order valence-electron chi connectivity index (χ1n) is 8.18. The summed E-state index contributed by atoms with van der Waals surface area (Å²) in [4.78, 5) is 28.0. The van der Waals surface area contributed by atoms with Crippen LogP contribution in [0, 0.1) is 0 Å². The highest BCUT2D eigenvalue weighted by Crippen LogP contribution is 2.16. The monoisotopic (exact) mass is 369 g/mol. The molecule has 26 heavy (non-hydrogen) atoms. The van der Waals surface area contributed by atoms with Gasteiger partial charge in [0.15, 0.2) is 0 Å². The van der Waals surface area contributed by atoms with Gasteiger partial charge in [0, 0.05) is 17.8 Å². The van der Waals surface area contributed by atoms with Gasteiger partial charge < -0.3 is 10.6 Å². The Morgan fingerprint density at radius 2 is 1.88 bits per heavy atom. The van der Waals surface area contributed by atoms with Crippen molar-refractivity contribution in [1.82, 2.24) is 14.8 Å². The molecule has 1 unspecified atom stereocenters. The van der Waals surface area contributed by atoms with Crippen molar-refractivity contribution in [2.45, 2.75) is 25.8 Å². The highest BCUT2D eigenvalue weighted by molar-refractivity contribution is 7.07. The third kappa shape index (κ3) is 4.76. The van der Waals surface area contributed by atoms with E-state index >= 15 is 0 Å². The Bertz CT molecular complexity index is 844. The second-order valence-electron chi connectivity index (χ2n) is 5.80. The SMILES string of the molecule is CC(C(=O)Nc1ccc(NC(=O)CCc2ccsc2)cc1)n1cncn1. The maximum atomic E-state index is 12.2. The molecule has 0 radical (unpaired) electrons. The van der Waals surface area contributed by atoms with E-state index in [1.165, 1.54) is 22.9 Å². The van der Waals surface area contributed by atoms with E-state index in [2.05, 4.69) is 20.7 Å². The van der Waals surface area contributed by atoms with Crippen molar-refractivity contribution < 1.29 is 9.59 Å². The van der Waals surface area contributed by atoms with Gasteiger partial charge in [0.2, 0.25) is 11.8 Å². The molecule has 2 heterocycles. The van der Waals surface area contributed by atoms with E-state index in [1.54, 1.807) is 42.5 Å². The summed E-state index contributed by atoms with van der Waals surface area (Å²) in [5, 5.41) is 13.7. The van der Waals surface area contributed by atoms with Crippen LogP contribution in [0.15, 0.2) is 53.7 Å². The zero-order valence-corrected chi connectivity index (χ0v) is 15.1. The van der Waals surface area contributed by atoms with Crippen molar-refractivity contribution in [2.75, 3.05) is 10.6 Å². The normalized spacial score (nSPS) is 11.7. The Balaban J connectivity index is 1.50. The first kappa shape index (κ1) is 17.8. The number of carbonyl (C=O) groups is 2. The van der Waals surface area contributed by atoms with Gasteiger partial charge in [-0.15, -0.1) is 0 Å². The lowest BCUT2D eigenvalue weighted by atomic mass is 10.2. The molecular weight excluding hydrogens is 350 g/mol. The highest BCUT2D eigenvalue weighted by atomic mass is 32.1. The van der Waals surface area contributed by atoms with Gasteiger partial charge in [-0.25, -0.2) is 9.67 Å². The molecule has 0 aliphatic heterocycles. The number of amides is 2. The van der Waals surface area contributed by atoms with E-state index in [1.807, 2.05) is 16.8 Å².